The maximum absolute atomic E-state index is 6.16. The quantitative estimate of drug-likeness (QED) is 0.272. The molecule has 35 heavy (non-hydrogen) atoms. The summed E-state index contributed by atoms with van der Waals surface area (Å²) in [6.45, 7) is 0. The SMILES string of the molecule is c1ccc(-c2ccc3oc4ccc(-c5nc(-c6ccccc6)c6ccccc6n5)cc4c3c2)cc1. The Morgan fingerprint density at radius 3 is 1.77 bits per heavy atom. The second-order valence-electron chi connectivity index (χ2n) is 8.67. The lowest BCUT2D eigenvalue weighted by Gasteiger charge is -2.09. The second kappa shape index (κ2) is 7.93. The molecule has 0 aliphatic carbocycles. The molecule has 0 aliphatic rings. The van der Waals surface area contributed by atoms with E-state index in [0.717, 1.165) is 49.7 Å². The van der Waals surface area contributed by atoms with E-state index in [0.29, 0.717) is 5.82 Å². The third kappa shape index (κ3) is 3.37. The van der Waals surface area contributed by atoms with Gasteiger partial charge in [-0.3, -0.25) is 0 Å². The van der Waals surface area contributed by atoms with Crippen LogP contribution in [-0.2, 0) is 0 Å². The number of fused-ring (bicyclic) bond motifs is 4. The van der Waals surface area contributed by atoms with Gasteiger partial charge in [-0.1, -0.05) is 84.9 Å². The molecule has 0 spiro atoms. The number of furan rings is 1. The Morgan fingerprint density at radius 2 is 1.03 bits per heavy atom. The molecule has 7 rings (SSSR count). The third-order valence-electron chi connectivity index (χ3n) is 6.48. The van der Waals surface area contributed by atoms with Gasteiger partial charge in [0.1, 0.15) is 11.2 Å². The molecule has 2 aromatic heterocycles. The van der Waals surface area contributed by atoms with Gasteiger partial charge in [0, 0.05) is 27.3 Å². The topological polar surface area (TPSA) is 38.9 Å². The average Bonchev–Trinajstić information content (AvgIpc) is 3.30. The van der Waals surface area contributed by atoms with Gasteiger partial charge in [-0.05, 0) is 47.5 Å². The van der Waals surface area contributed by atoms with E-state index >= 15 is 0 Å². The second-order valence-corrected chi connectivity index (χ2v) is 8.67. The summed E-state index contributed by atoms with van der Waals surface area (Å²) in [4.78, 5) is 9.96. The monoisotopic (exact) mass is 448 g/mol. The third-order valence-corrected chi connectivity index (χ3v) is 6.48. The van der Waals surface area contributed by atoms with Crippen LogP contribution in [0.2, 0.25) is 0 Å². The minimum Gasteiger partial charge on any atom is -0.456 e. The maximum Gasteiger partial charge on any atom is 0.160 e. The predicted octanol–water partition coefficient (Wildman–Crippen LogP) is 8.53. The number of hydrogen-bond acceptors (Lipinski definition) is 3. The molecule has 2 heterocycles. The molecule has 164 valence electrons. The van der Waals surface area contributed by atoms with Gasteiger partial charge in [0.2, 0.25) is 0 Å². The highest BCUT2D eigenvalue weighted by Crippen LogP contribution is 2.35. The summed E-state index contributed by atoms with van der Waals surface area (Å²) in [5.74, 6) is 0.706. The van der Waals surface area contributed by atoms with Gasteiger partial charge in [0.15, 0.2) is 5.82 Å². The standard InChI is InChI=1S/C32H20N2O/c1-3-9-21(10-4-1)23-15-17-29-26(19-23)27-20-24(16-18-30(27)35-29)32-33-28-14-8-7-13-25(28)31(34-32)22-11-5-2-6-12-22/h1-20H. The number of benzene rings is 5. The van der Waals surface area contributed by atoms with Gasteiger partial charge >= 0.3 is 0 Å². The van der Waals surface area contributed by atoms with Crippen molar-refractivity contribution in [3.8, 4) is 33.8 Å². The van der Waals surface area contributed by atoms with E-state index in [4.69, 9.17) is 14.4 Å². The van der Waals surface area contributed by atoms with Gasteiger partial charge < -0.3 is 4.42 Å². The number of para-hydroxylation sites is 1. The molecule has 0 saturated carbocycles. The first kappa shape index (κ1) is 19.7. The highest BCUT2D eigenvalue weighted by molar-refractivity contribution is 6.07. The van der Waals surface area contributed by atoms with Crippen LogP contribution in [0.25, 0.3) is 66.6 Å². The molecule has 0 atom stereocenters. The summed E-state index contributed by atoms with van der Waals surface area (Å²) in [5, 5.41) is 3.20. The normalized spacial score (nSPS) is 11.4. The van der Waals surface area contributed by atoms with Gasteiger partial charge in [-0.2, -0.15) is 0 Å². The molecule has 5 aromatic carbocycles. The molecule has 0 N–H and O–H groups in total. The van der Waals surface area contributed by atoms with Crippen molar-refractivity contribution in [3.63, 3.8) is 0 Å². The van der Waals surface area contributed by atoms with Gasteiger partial charge in [0.25, 0.3) is 0 Å². The molecular weight excluding hydrogens is 428 g/mol. The van der Waals surface area contributed by atoms with E-state index in [-0.39, 0.29) is 0 Å². The molecular formula is C32H20N2O. The molecule has 0 amide bonds. The molecule has 3 nitrogen and oxygen atoms in total. The van der Waals surface area contributed by atoms with E-state index in [1.807, 2.05) is 54.6 Å². The summed E-state index contributed by atoms with van der Waals surface area (Å²) < 4.78 is 6.16. The summed E-state index contributed by atoms with van der Waals surface area (Å²) in [5.41, 5.74) is 8.00. The van der Waals surface area contributed by atoms with E-state index in [2.05, 4.69) is 66.7 Å². The van der Waals surface area contributed by atoms with Crippen LogP contribution in [0.3, 0.4) is 0 Å². The van der Waals surface area contributed by atoms with Crippen molar-refractivity contribution in [1.29, 1.82) is 0 Å². The van der Waals surface area contributed by atoms with Crippen LogP contribution in [0.4, 0.5) is 0 Å². The molecule has 0 unspecified atom stereocenters. The zero-order chi connectivity index (χ0) is 23.2. The van der Waals surface area contributed by atoms with Crippen LogP contribution in [0.15, 0.2) is 126 Å². The summed E-state index contributed by atoms with van der Waals surface area (Å²) in [7, 11) is 0. The van der Waals surface area contributed by atoms with E-state index < -0.39 is 0 Å². The van der Waals surface area contributed by atoms with Crippen molar-refractivity contribution in [2.75, 3.05) is 0 Å². The van der Waals surface area contributed by atoms with Crippen LogP contribution >= 0.6 is 0 Å². The smallest absolute Gasteiger partial charge is 0.160 e. The molecule has 0 fully saturated rings. The highest BCUT2D eigenvalue weighted by atomic mass is 16.3. The average molecular weight is 449 g/mol. The van der Waals surface area contributed by atoms with Crippen LogP contribution in [0.1, 0.15) is 0 Å². The Kier molecular flexibility index (Phi) is 4.46. The fourth-order valence-corrected chi connectivity index (χ4v) is 4.75. The number of rotatable bonds is 3. The fourth-order valence-electron chi connectivity index (χ4n) is 4.75. The van der Waals surface area contributed by atoms with E-state index in [9.17, 15) is 0 Å². The minimum absolute atomic E-state index is 0.706. The Hall–Kier alpha value is -4.76. The molecule has 0 bridgehead atoms. The van der Waals surface area contributed by atoms with Gasteiger partial charge in [0.05, 0.1) is 11.2 Å². The Balaban J connectivity index is 1.43. The number of aromatic nitrogens is 2. The van der Waals surface area contributed by atoms with Crippen LogP contribution in [0, 0.1) is 0 Å². The van der Waals surface area contributed by atoms with Crippen molar-refractivity contribution in [2.24, 2.45) is 0 Å². The zero-order valence-corrected chi connectivity index (χ0v) is 18.8. The molecule has 7 aromatic rings. The summed E-state index contributed by atoms with van der Waals surface area (Å²) in [6, 6.07) is 41.5. The Morgan fingerprint density at radius 1 is 0.429 bits per heavy atom. The van der Waals surface area contributed by atoms with Crippen molar-refractivity contribution in [3.05, 3.63) is 121 Å². The molecule has 0 saturated heterocycles. The maximum atomic E-state index is 6.16. The molecule has 0 aliphatic heterocycles. The number of nitrogens with zero attached hydrogens (tertiary/aromatic N) is 2. The van der Waals surface area contributed by atoms with Crippen molar-refractivity contribution >= 4 is 32.8 Å². The van der Waals surface area contributed by atoms with E-state index in [1.54, 1.807) is 0 Å². The molecule has 3 heteroatoms. The van der Waals surface area contributed by atoms with Crippen molar-refractivity contribution in [1.82, 2.24) is 9.97 Å². The van der Waals surface area contributed by atoms with Gasteiger partial charge in [-0.15, -0.1) is 0 Å². The van der Waals surface area contributed by atoms with Crippen LogP contribution < -0.4 is 0 Å². The molecule has 0 radical (unpaired) electrons. The fraction of sp³-hybridized carbons (Fsp3) is 0. The Labute approximate surface area is 202 Å². The van der Waals surface area contributed by atoms with Crippen LogP contribution in [0.5, 0.6) is 0 Å². The van der Waals surface area contributed by atoms with Crippen molar-refractivity contribution in [2.45, 2.75) is 0 Å². The largest absolute Gasteiger partial charge is 0.456 e. The summed E-state index contributed by atoms with van der Waals surface area (Å²) in [6.07, 6.45) is 0. The minimum atomic E-state index is 0.706. The lowest BCUT2D eigenvalue weighted by atomic mass is 10.0. The first-order chi connectivity index (χ1) is 17.3. The van der Waals surface area contributed by atoms with Crippen molar-refractivity contribution < 1.29 is 4.42 Å². The lowest BCUT2D eigenvalue weighted by Crippen LogP contribution is -1.95. The first-order valence-corrected chi connectivity index (χ1v) is 11.7. The Bertz CT molecular complexity index is 1840. The summed E-state index contributed by atoms with van der Waals surface area (Å²) >= 11 is 0. The first-order valence-electron chi connectivity index (χ1n) is 11.7. The lowest BCUT2D eigenvalue weighted by molar-refractivity contribution is 0.669. The number of hydrogen-bond donors (Lipinski definition) is 0. The van der Waals surface area contributed by atoms with Gasteiger partial charge in [-0.25, -0.2) is 9.97 Å². The highest BCUT2D eigenvalue weighted by Gasteiger charge is 2.14. The van der Waals surface area contributed by atoms with Crippen LogP contribution in [-0.4, -0.2) is 9.97 Å². The predicted molar refractivity (Wildman–Crippen MR) is 143 cm³/mol. The van der Waals surface area contributed by atoms with E-state index in [1.165, 1.54) is 11.1 Å². The zero-order valence-electron chi connectivity index (χ0n) is 18.8.